The van der Waals surface area contributed by atoms with Crippen molar-refractivity contribution in [3.8, 4) is 0 Å². The summed E-state index contributed by atoms with van der Waals surface area (Å²) in [4.78, 5) is 21.3. The normalized spacial score (nSPS) is 24.2. The Morgan fingerprint density at radius 2 is 2.19 bits per heavy atom. The van der Waals surface area contributed by atoms with Gasteiger partial charge in [-0.3, -0.25) is 9.63 Å². The zero-order chi connectivity index (χ0) is 15.0. The zero-order valence-corrected chi connectivity index (χ0v) is 11.3. The van der Waals surface area contributed by atoms with Crippen molar-refractivity contribution in [3.63, 3.8) is 0 Å². The highest BCUT2D eigenvalue weighted by atomic mass is 19.3. The topological polar surface area (TPSA) is 42.4 Å². The van der Waals surface area contributed by atoms with Gasteiger partial charge < -0.3 is 0 Å². The first-order chi connectivity index (χ1) is 10.0. The molecular formula is C14H15F3N2O2. The van der Waals surface area contributed by atoms with E-state index in [1.165, 1.54) is 18.3 Å². The van der Waals surface area contributed by atoms with Crippen LogP contribution < -0.4 is 0 Å². The molecule has 1 aliphatic heterocycles. The van der Waals surface area contributed by atoms with Gasteiger partial charge in [-0.2, -0.15) is 4.39 Å². The Kier molecular flexibility index (Phi) is 3.61. The maximum Gasteiger partial charge on any atom is 0.258 e. The summed E-state index contributed by atoms with van der Waals surface area (Å²) < 4.78 is 39.4. The highest BCUT2D eigenvalue weighted by molar-refractivity contribution is 5.83. The lowest BCUT2D eigenvalue weighted by Crippen LogP contribution is -2.51. The molecule has 0 spiro atoms. The number of rotatable bonds is 3. The predicted molar refractivity (Wildman–Crippen MR) is 66.6 cm³/mol. The second-order valence-corrected chi connectivity index (χ2v) is 5.49. The number of carbonyl (C=O) groups is 1. The quantitative estimate of drug-likeness (QED) is 0.806. The molecule has 21 heavy (non-hydrogen) atoms. The standard InChI is InChI=1S/C14H15F3N2O2/c15-11-3-2-9(8-18-11)10-4-7-21-19(10)13(20)14(12(16)17)5-1-6-14/h2-3,8,10,12H,1,4-7H2/t10-/m0/s1. The average Bonchev–Trinajstić information content (AvgIpc) is 2.86. The summed E-state index contributed by atoms with van der Waals surface area (Å²) >= 11 is 0. The van der Waals surface area contributed by atoms with Crippen LogP contribution in [0.5, 0.6) is 0 Å². The van der Waals surface area contributed by atoms with Gasteiger partial charge in [-0.1, -0.05) is 12.5 Å². The van der Waals surface area contributed by atoms with Crippen molar-refractivity contribution < 1.29 is 22.8 Å². The Balaban J connectivity index is 1.84. The molecule has 0 unspecified atom stereocenters. The summed E-state index contributed by atoms with van der Waals surface area (Å²) in [5.41, 5.74) is -1.03. The molecule has 4 nitrogen and oxygen atoms in total. The number of alkyl halides is 2. The average molecular weight is 300 g/mol. The molecule has 1 atom stereocenters. The van der Waals surface area contributed by atoms with Crippen LogP contribution in [0, 0.1) is 11.4 Å². The molecule has 3 rings (SSSR count). The summed E-state index contributed by atoms with van der Waals surface area (Å²) in [7, 11) is 0. The Bertz CT molecular complexity index is 532. The fourth-order valence-electron chi connectivity index (χ4n) is 2.86. The Hall–Kier alpha value is -1.63. The van der Waals surface area contributed by atoms with E-state index < -0.39 is 29.7 Å². The SMILES string of the molecule is O=C(N1OCC[C@H]1c1ccc(F)nc1)C1(C(F)F)CCC1. The van der Waals surface area contributed by atoms with Crippen molar-refractivity contribution in [2.45, 2.75) is 38.2 Å². The van der Waals surface area contributed by atoms with E-state index in [1.54, 1.807) is 0 Å². The van der Waals surface area contributed by atoms with E-state index in [2.05, 4.69) is 4.98 Å². The Morgan fingerprint density at radius 3 is 2.71 bits per heavy atom. The van der Waals surface area contributed by atoms with Gasteiger partial charge in [0.25, 0.3) is 12.3 Å². The molecule has 1 aromatic rings. The van der Waals surface area contributed by atoms with Crippen molar-refractivity contribution >= 4 is 5.91 Å². The van der Waals surface area contributed by atoms with Crippen LogP contribution in [0.1, 0.15) is 37.3 Å². The Morgan fingerprint density at radius 1 is 1.43 bits per heavy atom. The van der Waals surface area contributed by atoms with E-state index in [0.29, 0.717) is 18.4 Å². The number of pyridine rings is 1. The van der Waals surface area contributed by atoms with Crippen LogP contribution in [0.15, 0.2) is 18.3 Å². The molecule has 2 heterocycles. The fourth-order valence-corrected chi connectivity index (χ4v) is 2.86. The highest BCUT2D eigenvalue weighted by Gasteiger charge is 2.55. The summed E-state index contributed by atoms with van der Waals surface area (Å²) in [5.74, 6) is -1.30. The molecule has 7 heteroatoms. The summed E-state index contributed by atoms with van der Waals surface area (Å²) in [6, 6.07) is 2.20. The first-order valence-electron chi connectivity index (χ1n) is 6.91. The maximum atomic E-state index is 13.3. The van der Waals surface area contributed by atoms with E-state index in [-0.39, 0.29) is 19.4 Å². The van der Waals surface area contributed by atoms with Crippen LogP contribution >= 0.6 is 0 Å². The highest BCUT2D eigenvalue weighted by Crippen LogP contribution is 2.49. The van der Waals surface area contributed by atoms with Crippen molar-refractivity contribution in [1.82, 2.24) is 10.0 Å². The number of hydrogen-bond acceptors (Lipinski definition) is 3. The lowest BCUT2D eigenvalue weighted by molar-refractivity contribution is -0.205. The lowest BCUT2D eigenvalue weighted by atomic mass is 9.68. The number of amides is 1. The number of hydrogen-bond donors (Lipinski definition) is 0. The Labute approximate surface area is 119 Å². The molecule has 0 radical (unpaired) electrons. The second kappa shape index (κ2) is 5.29. The summed E-state index contributed by atoms with van der Waals surface area (Å²) in [6.07, 6.45) is 0.0701. The monoisotopic (exact) mass is 300 g/mol. The summed E-state index contributed by atoms with van der Waals surface area (Å²) in [6.45, 7) is 0.271. The smallest absolute Gasteiger partial charge is 0.258 e. The van der Waals surface area contributed by atoms with Gasteiger partial charge in [-0.25, -0.2) is 18.8 Å². The van der Waals surface area contributed by atoms with E-state index in [0.717, 1.165) is 5.06 Å². The van der Waals surface area contributed by atoms with Gasteiger partial charge in [0.05, 0.1) is 12.6 Å². The van der Waals surface area contributed by atoms with Crippen LogP contribution in [0.2, 0.25) is 0 Å². The third-order valence-electron chi connectivity index (χ3n) is 4.33. The van der Waals surface area contributed by atoms with Crippen molar-refractivity contribution in [2.24, 2.45) is 5.41 Å². The molecule has 0 bridgehead atoms. The van der Waals surface area contributed by atoms with Gasteiger partial charge >= 0.3 is 0 Å². The summed E-state index contributed by atoms with van der Waals surface area (Å²) in [5, 5.41) is 1.04. The third kappa shape index (κ3) is 2.29. The van der Waals surface area contributed by atoms with Crippen molar-refractivity contribution in [2.75, 3.05) is 6.61 Å². The second-order valence-electron chi connectivity index (χ2n) is 5.49. The van der Waals surface area contributed by atoms with Crippen molar-refractivity contribution in [1.29, 1.82) is 0 Å². The molecule has 0 N–H and O–H groups in total. The van der Waals surface area contributed by atoms with Crippen LogP contribution in [0.4, 0.5) is 13.2 Å². The lowest BCUT2D eigenvalue weighted by Gasteiger charge is -2.42. The van der Waals surface area contributed by atoms with Gasteiger partial charge in [-0.15, -0.1) is 0 Å². The van der Waals surface area contributed by atoms with Gasteiger partial charge in [0, 0.05) is 12.6 Å². The molecule has 1 amide bonds. The van der Waals surface area contributed by atoms with E-state index in [4.69, 9.17) is 4.84 Å². The molecule has 2 aliphatic rings. The van der Waals surface area contributed by atoms with E-state index in [1.807, 2.05) is 0 Å². The molecule has 1 saturated heterocycles. The molecule has 0 aromatic carbocycles. The van der Waals surface area contributed by atoms with E-state index >= 15 is 0 Å². The molecule has 114 valence electrons. The number of halogens is 3. The number of carbonyl (C=O) groups excluding carboxylic acids is 1. The molecule has 1 aromatic heterocycles. The van der Waals surface area contributed by atoms with Gasteiger partial charge in [0.1, 0.15) is 5.41 Å². The number of hydroxylamine groups is 2. The van der Waals surface area contributed by atoms with Crippen LogP contribution in [0.25, 0.3) is 0 Å². The van der Waals surface area contributed by atoms with Gasteiger partial charge in [0.15, 0.2) is 0 Å². The largest absolute Gasteiger partial charge is 0.272 e. The van der Waals surface area contributed by atoms with Gasteiger partial charge in [0.2, 0.25) is 5.95 Å². The van der Waals surface area contributed by atoms with Gasteiger partial charge in [-0.05, 0) is 24.5 Å². The minimum atomic E-state index is -2.70. The minimum Gasteiger partial charge on any atom is -0.272 e. The first kappa shape index (κ1) is 14.3. The molecular weight excluding hydrogens is 285 g/mol. The number of aromatic nitrogens is 1. The van der Waals surface area contributed by atoms with Crippen LogP contribution in [-0.2, 0) is 9.63 Å². The third-order valence-corrected chi connectivity index (χ3v) is 4.33. The molecule has 1 aliphatic carbocycles. The van der Waals surface area contributed by atoms with Crippen LogP contribution in [-0.4, -0.2) is 29.0 Å². The van der Waals surface area contributed by atoms with Crippen LogP contribution in [0.3, 0.4) is 0 Å². The molecule has 2 fully saturated rings. The maximum absolute atomic E-state index is 13.3. The first-order valence-corrected chi connectivity index (χ1v) is 6.91. The predicted octanol–water partition coefficient (Wildman–Crippen LogP) is 2.86. The van der Waals surface area contributed by atoms with E-state index in [9.17, 15) is 18.0 Å². The number of nitrogens with zero attached hydrogens (tertiary/aromatic N) is 2. The minimum absolute atomic E-state index is 0.178. The molecule has 1 saturated carbocycles. The zero-order valence-electron chi connectivity index (χ0n) is 11.3. The fraction of sp³-hybridized carbons (Fsp3) is 0.571. The van der Waals surface area contributed by atoms with Crippen molar-refractivity contribution in [3.05, 3.63) is 29.8 Å².